The average molecular weight is 467 g/mol. The number of hydrogen-bond donors (Lipinski definition) is 1. The zero-order valence-electron chi connectivity index (χ0n) is 19.4. The summed E-state index contributed by atoms with van der Waals surface area (Å²) in [5.74, 6) is -1.86. The van der Waals surface area contributed by atoms with Gasteiger partial charge in [0, 0.05) is 18.5 Å². The van der Waals surface area contributed by atoms with Crippen molar-refractivity contribution in [2.45, 2.75) is 19.9 Å². The van der Waals surface area contributed by atoms with Crippen LogP contribution >= 0.6 is 0 Å². The Kier molecular flexibility index (Phi) is 6.70. The molecular formula is C26H27FN2O5. The maximum Gasteiger partial charge on any atom is 0.290 e. The Balaban J connectivity index is 1.76. The molecule has 2 aromatic carbocycles. The third kappa shape index (κ3) is 4.17. The second kappa shape index (κ2) is 9.69. The highest BCUT2D eigenvalue weighted by atomic mass is 19.1. The van der Waals surface area contributed by atoms with Crippen LogP contribution in [-0.2, 0) is 4.79 Å². The van der Waals surface area contributed by atoms with E-state index in [2.05, 4.69) is 4.90 Å². The number of hydrogen-bond acceptors (Lipinski definition) is 6. The van der Waals surface area contributed by atoms with E-state index in [1.165, 1.54) is 36.3 Å². The van der Waals surface area contributed by atoms with Crippen LogP contribution in [0.2, 0.25) is 0 Å². The first-order valence-electron chi connectivity index (χ1n) is 11.2. The molecule has 1 atom stereocenters. The molecule has 1 aromatic heterocycles. The number of carbonyl (C=O) groups is 2. The van der Waals surface area contributed by atoms with Gasteiger partial charge in [-0.3, -0.25) is 9.59 Å². The highest BCUT2D eigenvalue weighted by Crippen LogP contribution is 2.40. The van der Waals surface area contributed by atoms with E-state index in [-0.39, 0.29) is 17.9 Å². The predicted molar refractivity (Wildman–Crippen MR) is 125 cm³/mol. The summed E-state index contributed by atoms with van der Waals surface area (Å²) in [4.78, 5) is 30.3. The van der Waals surface area contributed by atoms with E-state index in [1.54, 1.807) is 24.3 Å². The second-order valence-corrected chi connectivity index (χ2v) is 8.06. The second-order valence-electron chi connectivity index (χ2n) is 8.06. The van der Waals surface area contributed by atoms with E-state index in [1.807, 2.05) is 13.8 Å². The van der Waals surface area contributed by atoms with Crippen LogP contribution in [0.3, 0.4) is 0 Å². The van der Waals surface area contributed by atoms with Crippen molar-refractivity contribution in [3.05, 3.63) is 77.0 Å². The zero-order valence-corrected chi connectivity index (χ0v) is 19.4. The Morgan fingerprint density at radius 1 is 1.18 bits per heavy atom. The molecule has 3 aromatic rings. The molecule has 0 aliphatic carbocycles. The molecule has 1 aliphatic rings. The SMILES string of the molecule is CCN(CC)CCN1C(=O)C(O)=C(C(=O)c2cc3cccc(OC)c3o2)[C@@H]1c1ccc(F)cc1. The lowest BCUT2D eigenvalue weighted by Gasteiger charge is -2.29. The third-order valence-electron chi connectivity index (χ3n) is 6.24. The van der Waals surface area contributed by atoms with Gasteiger partial charge in [-0.05, 0) is 42.9 Å². The van der Waals surface area contributed by atoms with E-state index in [9.17, 15) is 19.1 Å². The number of methoxy groups -OCH3 is 1. The standard InChI is InChI=1S/C26H27FN2O5/c1-4-28(5-2)13-14-29-22(16-9-11-18(27)12-10-16)21(24(31)26(29)32)23(30)20-15-17-7-6-8-19(33-3)25(17)34-20/h6-12,15,22,31H,4-5,13-14H2,1-3H3/t22-/m0/s1. The Morgan fingerprint density at radius 2 is 1.88 bits per heavy atom. The number of para-hydroxylation sites is 1. The van der Waals surface area contributed by atoms with Crippen molar-refractivity contribution >= 4 is 22.7 Å². The van der Waals surface area contributed by atoms with Crippen molar-refractivity contribution in [1.29, 1.82) is 0 Å². The van der Waals surface area contributed by atoms with Crippen LogP contribution in [0, 0.1) is 5.82 Å². The molecule has 0 saturated heterocycles. The summed E-state index contributed by atoms with van der Waals surface area (Å²) in [5, 5.41) is 11.5. The van der Waals surface area contributed by atoms with Crippen molar-refractivity contribution in [3.8, 4) is 5.75 Å². The van der Waals surface area contributed by atoms with Gasteiger partial charge in [0.05, 0.1) is 18.7 Å². The number of furan rings is 1. The quantitative estimate of drug-likeness (QED) is 0.468. The van der Waals surface area contributed by atoms with E-state index in [0.29, 0.717) is 28.8 Å². The number of aliphatic hydroxyl groups is 1. The molecule has 0 fully saturated rings. The highest BCUT2D eigenvalue weighted by molar-refractivity contribution is 6.16. The summed E-state index contributed by atoms with van der Waals surface area (Å²) in [6.45, 7) is 6.49. The molecule has 0 saturated carbocycles. The van der Waals surface area contributed by atoms with E-state index in [0.717, 1.165) is 13.1 Å². The number of aliphatic hydroxyl groups excluding tert-OH is 1. The van der Waals surface area contributed by atoms with E-state index < -0.39 is 29.3 Å². The predicted octanol–water partition coefficient (Wildman–Crippen LogP) is 4.50. The average Bonchev–Trinajstić information content (AvgIpc) is 3.39. The zero-order chi connectivity index (χ0) is 24.4. The van der Waals surface area contributed by atoms with Gasteiger partial charge in [0.15, 0.2) is 22.9 Å². The molecule has 34 heavy (non-hydrogen) atoms. The van der Waals surface area contributed by atoms with Crippen molar-refractivity contribution < 1.29 is 28.2 Å². The van der Waals surface area contributed by atoms with Crippen LogP contribution in [-0.4, -0.2) is 59.9 Å². The van der Waals surface area contributed by atoms with Gasteiger partial charge in [-0.15, -0.1) is 0 Å². The molecule has 0 unspecified atom stereocenters. The number of amides is 1. The van der Waals surface area contributed by atoms with Gasteiger partial charge >= 0.3 is 0 Å². The van der Waals surface area contributed by atoms with Crippen molar-refractivity contribution in [2.75, 3.05) is 33.3 Å². The van der Waals surface area contributed by atoms with Crippen LogP contribution in [0.1, 0.15) is 36.0 Å². The smallest absolute Gasteiger partial charge is 0.290 e. The van der Waals surface area contributed by atoms with Gasteiger partial charge in [-0.25, -0.2) is 4.39 Å². The summed E-state index contributed by atoms with van der Waals surface area (Å²) in [6, 6.07) is 11.5. The number of likely N-dealkylation sites (N-methyl/N-ethyl adjacent to an activating group) is 1. The van der Waals surface area contributed by atoms with Gasteiger partial charge in [-0.2, -0.15) is 0 Å². The van der Waals surface area contributed by atoms with Gasteiger partial charge < -0.3 is 24.1 Å². The minimum absolute atomic E-state index is 0.0217. The fraction of sp³-hybridized carbons (Fsp3) is 0.308. The number of benzene rings is 2. The summed E-state index contributed by atoms with van der Waals surface area (Å²) in [5.41, 5.74) is 0.832. The topological polar surface area (TPSA) is 83.2 Å². The minimum Gasteiger partial charge on any atom is -0.503 e. The molecule has 1 aliphatic heterocycles. The minimum atomic E-state index is -0.869. The van der Waals surface area contributed by atoms with Crippen LogP contribution in [0.4, 0.5) is 4.39 Å². The van der Waals surface area contributed by atoms with Crippen LogP contribution in [0.25, 0.3) is 11.0 Å². The van der Waals surface area contributed by atoms with Gasteiger partial charge in [0.1, 0.15) is 5.82 Å². The molecule has 2 heterocycles. The first-order chi connectivity index (χ1) is 16.4. The summed E-state index contributed by atoms with van der Waals surface area (Å²) in [7, 11) is 1.50. The van der Waals surface area contributed by atoms with Crippen molar-refractivity contribution in [1.82, 2.24) is 9.80 Å². The molecule has 0 bridgehead atoms. The molecule has 0 spiro atoms. The maximum absolute atomic E-state index is 13.6. The van der Waals surface area contributed by atoms with Crippen LogP contribution < -0.4 is 4.74 Å². The third-order valence-corrected chi connectivity index (χ3v) is 6.24. The van der Waals surface area contributed by atoms with Gasteiger partial charge in [0.25, 0.3) is 5.91 Å². The lowest BCUT2D eigenvalue weighted by Crippen LogP contribution is -2.38. The monoisotopic (exact) mass is 466 g/mol. The molecule has 0 radical (unpaired) electrons. The molecule has 178 valence electrons. The number of ketones is 1. The Hall–Kier alpha value is -3.65. The number of fused-ring (bicyclic) bond motifs is 1. The number of halogens is 1. The van der Waals surface area contributed by atoms with Gasteiger partial charge in [0.2, 0.25) is 5.78 Å². The Morgan fingerprint density at radius 3 is 2.53 bits per heavy atom. The number of Topliss-reactive ketones (excluding diaryl/α,β-unsaturated/α-hetero) is 1. The number of ether oxygens (including phenoxy) is 1. The first kappa shape index (κ1) is 23.5. The molecule has 7 nitrogen and oxygen atoms in total. The number of nitrogens with zero attached hydrogens (tertiary/aromatic N) is 2. The lowest BCUT2D eigenvalue weighted by atomic mass is 9.95. The molecule has 8 heteroatoms. The largest absolute Gasteiger partial charge is 0.503 e. The van der Waals surface area contributed by atoms with Crippen molar-refractivity contribution in [2.24, 2.45) is 0 Å². The molecular weight excluding hydrogens is 439 g/mol. The first-order valence-corrected chi connectivity index (χ1v) is 11.2. The maximum atomic E-state index is 13.6. The summed E-state index contributed by atoms with van der Waals surface area (Å²) in [6.07, 6.45) is 0. The van der Waals surface area contributed by atoms with E-state index in [4.69, 9.17) is 9.15 Å². The lowest BCUT2D eigenvalue weighted by molar-refractivity contribution is -0.129. The van der Waals surface area contributed by atoms with Gasteiger partial charge in [-0.1, -0.05) is 38.1 Å². The normalized spacial score (nSPS) is 16.2. The van der Waals surface area contributed by atoms with Crippen LogP contribution in [0.15, 0.2) is 64.3 Å². The highest BCUT2D eigenvalue weighted by Gasteiger charge is 2.44. The number of carbonyl (C=O) groups excluding carboxylic acids is 2. The Bertz CT molecular complexity index is 1240. The summed E-state index contributed by atoms with van der Waals surface area (Å²) < 4.78 is 24.7. The molecule has 1 amide bonds. The molecule has 1 N–H and O–H groups in total. The Labute approximate surface area is 197 Å². The fourth-order valence-corrected chi connectivity index (χ4v) is 4.34. The van der Waals surface area contributed by atoms with Crippen molar-refractivity contribution in [3.63, 3.8) is 0 Å². The van der Waals surface area contributed by atoms with Crippen LogP contribution in [0.5, 0.6) is 5.75 Å². The van der Waals surface area contributed by atoms with E-state index >= 15 is 0 Å². The number of rotatable bonds is 9. The summed E-state index contributed by atoms with van der Waals surface area (Å²) >= 11 is 0. The molecule has 4 rings (SSSR count). The fourth-order valence-electron chi connectivity index (χ4n) is 4.34.